The van der Waals surface area contributed by atoms with E-state index in [-0.39, 0.29) is 5.41 Å². The predicted molar refractivity (Wildman–Crippen MR) is 91.9 cm³/mol. The standard InChI is InChI=1S/C21H32O2/c1-13(22)18-6-7-19-17-5-4-14-12-20(2,23)10-8-15(14)16(17)9-11-21(18,19)3/h4,15-19,23H,5-12H2,1-3H3/t15?,16-,17?,18-,19+,20-,21-/m1/s1. The molecule has 0 aromatic rings. The molecule has 0 bridgehead atoms. The van der Waals surface area contributed by atoms with Gasteiger partial charge in [0.25, 0.3) is 0 Å². The highest BCUT2D eigenvalue weighted by atomic mass is 16.3. The van der Waals surface area contributed by atoms with Crippen molar-refractivity contribution in [3.63, 3.8) is 0 Å². The van der Waals surface area contributed by atoms with Crippen molar-refractivity contribution in [2.75, 3.05) is 0 Å². The van der Waals surface area contributed by atoms with E-state index in [1.54, 1.807) is 5.57 Å². The number of allylic oxidation sites excluding steroid dienone is 1. The van der Waals surface area contributed by atoms with Gasteiger partial charge in [0.05, 0.1) is 5.60 Å². The van der Waals surface area contributed by atoms with Crippen molar-refractivity contribution in [2.45, 2.75) is 77.7 Å². The molecule has 0 radical (unpaired) electrons. The minimum absolute atomic E-state index is 0.262. The Kier molecular flexibility index (Phi) is 3.58. The molecule has 23 heavy (non-hydrogen) atoms. The Bertz CT molecular complexity index is 546. The Balaban J connectivity index is 1.61. The van der Waals surface area contributed by atoms with Crippen LogP contribution in [-0.2, 0) is 4.79 Å². The summed E-state index contributed by atoms with van der Waals surface area (Å²) < 4.78 is 0. The molecular formula is C21H32O2. The number of carbonyl (C=O) groups excluding carboxylic acids is 1. The summed E-state index contributed by atoms with van der Waals surface area (Å²) in [6, 6.07) is 0. The zero-order valence-corrected chi connectivity index (χ0v) is 15.0. The van der Waals surface area contributed by atoms with Gasteiger partial charge in [-0.25, -0.2) is 0 Å². The second kappa shape index (κ2) is 5.18. The molecule has 0 spiro atoms. The molecule has 2 heteroatoms. The Morgan fingerprint density at radius 3 is 2.65 bits per heavy atom. The number of ketones is 1. The molecule has 2 unspecified atom stereocenters. The molecule has 1 N–H and O–H groups in total. The highest BCUT2D eigenvalue weighted by molar-refractivity contribution is 5.79. The first-order valence-electron chi connectivity index (χ1n) is 9.73. The molecule has 3 fully saturated rings. The van der Waals surface area contributed by atoms with Crippen molar-refractivity contribution in [3.05, 3.63) is 11.6 Å². The van der Waals surface area contributed by atoms with E-state index in [2.05, 4.69) is 13.0 Å². The van der Waals surface area contributed by atoms with Crippen LogP contribution in [0.15, 0.2) is 11.6 Å². The molecule has 0 aromatic heterocycles. The van der Waals surface area contributed by atoms with Crippen LogP contribution in [0.25, 0.3) is 0 Å². The van der Waals surface area contributed by atoms with Gasteiger partial charge in [-0.1, -0.05) is 18.6 Å². The number of rotatable bonds is 1. The zero-order chi connectivity index (χ0) is 16.4. The fourth-order valence-corrected chi connectivity index (χ4v) is 7.13. The van der Waals surface area contributed by atoms with E-state index in [9.17, 15) is 9.90 Å². The average molecular weight is 316 g/mol. The van der Waals surface area contributed by atoms with Crippen LogP contribution >= 0.6 is 0 Å². The predicted octanol–water partition coefficient (Wildman–Crippen LogP) is 4.52. The van der Waals surface area contributed by atoms with Crippen molar-refractivity contribution in [1.29, 1.82) is 0 Å². The lowest BCUT2D eigenvalue weighted by Gasteiger charge is -2.54. The van der Waals surface area contributed by atoms with Gasteiger partial charge >= 0.3 is 0 Å². The molecule has 0 aliphatic heterocycles. The third kappa shape index (κ3) is 2.35. The molecule has 0 heterocycles. The van der Waals surface area contributed by atoms with E-state index in [0.29, 0.717) is 11.7 Å². The number of hydrogen-bond donors (Lipinski definition) is 1. The van der Waals surface area contributed by atoms with E-state index in [4.69, 9.17) is 0 Å². The van der Waals surface area contributed by atoms with E-state index in [0.717, 1.165) is 42.9 Å². The van der Waals surface area contributed by atoms with Gasteiger partial charge in [0, 0.05) is 5.92 Å². The Labute approximate surface area is 140 Å². The Morgan fingerprint density at radius 2 is 1.91 bits per heavy atom. The molecule has 4 aliphatic rings. The van der Waals surface area contributed by atoms with Crippen LogP contribution in [0, 0.1) is 35.0 Å². The molecule has 128 valence electrons. The largest absolute Gasteiger partial charge is 0.390 e. The number of fused-ring (bicyclic) bond motifs is 5. The molecule has 0 aromatic carbocycles. The monoisotopic (exact) mass is 316 g/mol. The van der Waals surface area contributed by atoms with Gasteiger partial charge in [0.15, 0.2) is 0 Å². The van der Waals surface area contributed by atoms with Gasteiger partial charge in [-0.2, -0.15) is 0 Å². The number of aliphatic hydroxyl groups is 1. The fourth-order valence-electron chi connectivity index (χ4n) is 7.13. The van der Waals surface area contributed by atoms with Crippen LogP contribution in [0.3, 0.4) is 0 Å². The summed E-state index contributed by atoms with van der Waals surface area (Å²) in [5, 5.41) is 10.4. The van der Waals surface area contributed by atoms with Crippen molar-refractivity contribution < 1.29 is 9.90 Å². The number of Topliss-reactive ketones (excluding diaryl/α,β-unsaturated/α-hetero) is 1. The van der Waals surface area contributed by atoms with Crippen LogP contribution in [-0.4, -0.2) is 16.5 Å². The summed E-state index contributed by atoms with van der Waals surface area (Å²) in [4.78, 5) is 12.1. The third-order valence-corrected chi connectivity index (χ3v) is 8.21. The maximum atomic E-state index is 12.1. The quantitative estimate of drug-likeness (QED) is 0.722. The average Bonchev–Trinajstić information content (AvgIpc) is 2.83. The fraction of sp³-hybridized carbons (Fsp3) is 0.857. The maximum absolute atomic E-state index is 12.1. The molecule has 4 rings (SSSR count). The Morgan fingerprint density at radius 1 is 1.13 bits per heavy atom. The van der Waals surface area contributed by atoms with Gasteiger partial charge in [0.2, 0.25) is 0 Å². The first kappa shape index (κ1) is 15.9. The molecule has 0 amide bonds. The lowest BCUT2D eigenvalue weighted by Crippen LogP contribution is -2.48. The lowest BCUT2D eigenvalue weighted by atomic mass is 9.51. The molecule has 0 saturated heterocycles. The minimum Gasteiger partial charge on any atom is -0.390 e. The van der Waals surface area contributed by atoms with E-state index in [1.165, 1.54) is 32.1 Å². The molecule has 2 nitrogen and oxygen atoms in total. The molecular weight excluding hydrogens is 284 g/mol. The summed E-state index contributed by atoms with van der Waals surface area (Å²) >= 11 is 0. The smallest absolute Gasteiger partial charge is 0.133 e. The van der Waals surface area contributed by atoms with E-state index >= 15 is 0 Å². The first-order valence-corrected chi connectivity index (χ1v) is 9.73. The first-order chi connectivity index (χ1) is 10.8. The van der Waals surface area contributed by atoms with Gasteiger partial charge in [-0.15, -0.1) is 0 Å². The van der Waals surface area contributed by atoms with Crippen molar-refractivity contribution in [1.82, 2.24) is 0 Å². The van der Waals surface area contributed by atoms with Crippen molar-refractivity contribution in [2.24, 2.45) is 35.0 Å². The molecule has 4 aliphatic carbocycles. The van der Waals surface area contributed by atoms with E-state index in [1.807, 2.05) is 13.8 Å². The summed E-state index contributed by atoms with van der Waals surface area (Å²) in [6.07, 6.45) is 11.6. The lowest BCUT2D eigenvalue weighted by molar-refractivity contribution is -0.126. The second-order valence-electron chi connectivity index (χ2n) is 9.55. The third-order valence-electron chi connectivity index (χ3n) is 8.21. The number of carbonyl (C=O) groups is 1. The zero-order valence-electron chi connectivity index (χ0n) is 15.0. The van der Waals surface area contributed by atoms with Crippen LogP contribution < -0.4 is 0 Å². The van der Waals surface area contributed by atoms with Crippen LogP contribution in [0.2, 0.25) is 0 Å². The normalized spacial score (nSPS) is 52.2. The Hall–Kier alpha value is -0.630. The summed E-state index contributed by atoms with van der Waals surface area (Å²) in [5.74, 6) is 3.80. The van der Waals surface area contributed by atoms with Crippen molar-refractivity contribution >= 4 is 5.78 Å². The summed E-state index contributed by atoms with van der Waals surface area (Å²) in [7, 11) is 0. The number of hydrogen-bond acceptors (Lipinski definition) is 2. The molecule has 3 saturated carbocycles. The SMILES string of the molecule is CC(=O)[C@H]1CC[C@H]2C3CC=C4C[C@](C)(O)CCC4[C@H]3CC[C@]12C. The minimum atomic E-state index is -0.481. The van der Waals surface area contributed by atoms with Crippen LogP contribution in [0.4, 0.5) is 0 Å². The maximum Gasteiger partial charge on any atom is 0.133 e. The van der Waals surface area contributed by atoms with Crippen LogP contribution in [0.1, 0.15) is 72.1 Å². The van der Waals surface area contributed by atoms with Gasteiger partial charge in [-0.3, -0.25) is 4.79 Å². The van der Waals surface area contributed by atoms with Gasteiger partial charge in [0.1, 0.15) is 5.78 Å². The summed E-state index contributed by atoms with van der Waals surface area (Å²) in [6.45, 7) is 6.23. The summed E-state index contributed by atoms with van der Waals surface area (Å²) in [5.41, 5.74) is 1.33. The van der Waals surface area contributed by atoms with Crippen LogP contribution in [0.5, 0.6) is 0 Å². The highest BCUT2D eigenvalue weighted by Gasteiger charge is 2.57. The van der Waals surface area contributed by atoms with Gasteiger partial charge < -0.3 is 5.11 Å². The van der Waals surface area contributed by atoms with E-state index < -0.39 is 5.60 Å². The highest BCUT2D eigenvalue weighted by Crippen LogP contribution is 2.63. The van der Waals surface area contributed by atoms with Crippen molar-refractivity contribution in [3.8, 4) is 0 Å². The topological polar surface area (TPSA) is 37.3 Å². The second-order valence-corrected chi connectivity index (χ2v) is 9.55. The molecule has 7 atom stereocenters. The van der Waals surface area contributed by atoms with Gasteiger partial charge in [-0.05, 0) is 94.3 Å².